The predicted octanol–water partition coefficient (Wildman–Crippen LogP) is -2.28. The van der Waals surface area contributed by atoms with Gasteiger partial charge in [-0.2, -0.15) is 0 Å². The van der Waals surface area contributed by atoms with Crippen molar-refractivity contribution in [3.63, 3.8) is 0 Å². The van der Waals surface area contributed by atoms with Gasteiger partial charge in [-0.05, 0) is 29.2 Å². The molecule has 1 rings (SSSR count). The zero-order chi connectivity index (χ0) is 13.2. The normalized spacial score (nSPS) is 20.4. The molecule has 1 fully saturated rings. The van der Waals surface area contributed by atoms with Crippen LogP contribution in [0.25, 0.3) is 4.98 Å². The Labute approximate surface area is 145 Å². The van der Waals surface area contributed by atoms with Gasteiger partial charge in [0.05, 0.1) is 0 Å². The fourth-order valence-electron chi connectivity index (χ4n) is 2.63. The van der Waals surface area contributed by atoms with E-state index in [4.69, 9.17) is 9.72 Å². The summed E-state index contributed by atoms with van der Waals surface area (Å²) in [5.74, 6) is 5.80. The van der Waals surface area contributed by atoms with E-state index in [1.165, 1.54) is 29.2 Å². The van der Waals surface area contributed by atoms with Crippen LogP contribution in [0.5, 0.6) is 0 Å². The van der Waals surface area contributed by atoms with Gasteiger partial charge in [0.25, 0.3) is 0 Å². The molecule has 1 saturated carbocycles. The molecule has 5 heteroatoms. The van der Waals surface area contributed by atoms with Gasteiger partial charge in [-0.15, -0.1) is 6.54 Å². The molecule has 0 N–H and O–H groups in total. The first-order chi connectivity index (χ1) is 7.83. The van der Waals surface area contributed by atoms with Gasteiger partial charge >= 0.3 is 37.7 Å². The summed E-state index contributed by atoms with van der Waals surface area (Å²) in [6.45, 7) is 15.1. The summed E-state index contributed by atoms with van der Waals surface area (Å²) in [5, 5.41) is 0. The molecule has 5 radical (unpaired) electrons. The third-order valence-corrected chi connectivity index (χ3v) is 6.84. The van der Waals surface area contributed by atoms with Crippen molar-refractivity contribution in [1.29, 1.82) is 0 Å². The van der Waals surface area contributed by atoms with Crippen LogP contribution >= 0.6 is 0 Å². The van der Waals surface area contributed by atoms with Crippen LogP contribution < -0.4 is 37.7 Å². The third-order valence-electron chi connectivity index (χ3n) is 3.85. The third kappa shape index (κ3) is 5.23. The Balaban J connectivity index is 0. The molecule has 2 nitrogen and oxygen atoms in total. The van der Waals surface area contributed by atoms with E-state index < -0.39 is 8.24 Å². The van der Waals surface area contributed by atoms with E-state index in [1.54, 1.807) is 7.11 Å². The van der Waals surface area contributed by atoms with Crippen LogP contribution in [0.3, 0.4) is 0 Å². The molecule has 0 aromatic rings. The van der Waals surface area contributed by atoms with E-state index in [-0.39, 0.29) is 37.7 Å². The zero-order valence-electron chi connectivity index (χ0n) is 14.3. The van der Waals surface area contributed by atoms with E-state index in [9.17, 15) is 0 Å². The molecule has 1 aliphatic carbocycles. The maximum absolute atomic E-state index is 5.09. The Morgan fingerprint density at radius 3 is 1.68 bits per heavy atom. The molecule has 0 aromatic carbocycles. The molecule has 0 saturated heterocycles. The Morgan fingerprint density at radius 1 is 0.895 bits per heavy atom. The van der Waals surface area contributed by atoms with Gasteiger partial charge in [-0.25, -0.2) is 0 Å². The number of ether oxygens (including phenoxy) is 1. The van der Waals surface area contributed by atoms with Crippen LogP contribution in [0.2, 0.25) is 13.1 Å². The first-order valence-corrected chi connectivity index (χ1v) is 9.18. The summed E-state index contributed by atoms with van der Waals surface area (Å²) in [4.78, 5) is 4.91. The van der Waals surface area contributed by atoms with Crippen molar-refractivity contribution >= 4 is 8.24 Å². The Hall–Kier alpha value is 1.33. The molecule has 0 aliphatic heterocycles. The van der Waals surface area contributed by atoms with E-state index >= 15 is 0 Å². The van der Waals surface area contributed by atoms with Crippen LogP contribution in [0, 0.1) is 29.2 Å². The van der Waals surface area contributed by atoms with Crippen molar-refractivity contribution in [2.24, 2.45) is 0 Å². The second-order valence-electron chi connectivity index (χ2n) is 5.31. The molecule has 0 unspecified atom stereocenters. The van der Waals surface area contributed by atoms with Crippen molar-refractivity contribution in [3.05, 3.63) is 34.2 Å². The van der Waals surface area contributed by atoms with E-state index in [0.29, 0.717) is 0 Å². The first kappa shape index (κ1) is 22.6. The molecule has 0 bridgehead atoms. The predicted molar refractivity (Wildman–Crippen MR) is 76.5 cm³/mol. The van der Waals surface area contributed by atoms with Crippen molar-refractivity contribution in [2.45, 2.75) is 40.8 Å². The van der Waals surface area contributed by atoms with E-state index in [1.807, 2.05) is 0 Å². The topological polar surface area (TPSA) is 23.3 Å². The average molecular weight is 265 g/mol. The van der Waals surface area contributed by atoms with Gasteiger partial charge in [0, 0.05) is 13.7 Å². The molecule has 97 valence electrons. The van der Waals surface area contributed by atoms with Crippen molar-refractivity contribution in [3.8, 4) is 0 Å². The largest absolute Gasteiger partial charge is 1.00 e. The minimum atomic E-state index is -1.67. The Morgan fingerprint density at radius 2 is 1.32 bits per heavy atom. The molecular formula is C14H25Li2NOSi+. The quantitative estimate of drug-likeness (QED) is 0.406. The van der Waals surface area contributed by atoms with E-state index in [2.05, 4.69) is 40.8 Å². The smallest absolute Gasteiger partial charge is 0.662 e. The Bertz CT molecular complexity index is 240. The molecule has 19 heavy (non-hydrogen) atoms. The molecular weight excluding hydrogens is 240 g/mol. The molecule has 0 spiro atoms. The zero-order valence-corrected chi connectivity index (χ0v) is 15.3. The van der Waals surface area contributed by atoms with Crippen molar-refractivity contribution in [1.82, 2.24) is 0 Å². The SMILES string of the molecule is COCC[N-][Si](C)(C)[C]1[C](C)[C](C)[C](C)[C]1C.[Li+].[Li+]. The summed E-state index contributed by atoms with van der Waals surface area (Å²) >= 11 is 0. The Kier molecular flexibility index (Phi) is 11.1. The summed E-state index contributed by atoms with van der Waals surface area (Å²) < 4.78 is 5.09. The minimum Gasteiger partial charge on any atom is -0.662 e. The van der Waals surface area contributed by atoms with Gasteiger partial charge in [0.2, 0.25) is 0 Å². The number of rotatable bonds is 5. The second kappa shape index (κ2) is 9.37. The van der Waals surface area contributed by atoms with Crippen LogP contribution in [0.1, 0.15) is 27.7 Å². The van der Waals surface area contributed by atoms with E-state index in [0.717, 1.165) is 13.2 Å². The van der Waals surface area contributed by atoms with Gasteiger partial charge in [0.1, 0.15) is 0 Å². The van der Waals surface area contributed by atoms with Gasteiger partial charge in [-0.3, -0.25) is 0 Å². The molecule has 0 atom stereocenters. The minimum absolute atomic E-state index is 0. The monoisotopic (exact) mass is 265 g/mol. The molecule has 0 amide bonds. The summed E-state index contributed by atoms with van der Waals surface area (Å²) in [5.41, 5.74) is 1.53. The summed E-state index contributed by atoms with van der Waals surface area (Å²) in [7, 11) is 0.0622. The number of nitrogens with zero attached hydrogens (tertiary/aromatic N) is 1. The number of hydrogen-bond donors (Lipinski definition) is 0. The van der Waals surface area contributed by atoms with Crippen molar-refractivity contribution in [2.75, 3.05) is 20.3 Å². The fourth-order valence-corrected chi connectivity index (χ4v) is 5.65. The first-order valence-electron chi connectivity index (χ1n) is 6.24. The maximum Gasteiger partial charge on any atom is 1.00 e. The maximum atomic E-state index is 5.09. The molecule has 0 heterocycles. The fraction of sp³-hybridized carbons (Fsp3) is 0.643. The standard InChI is InChI=1S/C14H25NOSi.2Li/c1-10-11(2)13(4)14(12(10)3)17(6,7)15-8-9-16-5;;/h8-9H2,1-7H3;;/q-1;2*+1. The molecule has 0 aromatic heterocycles. The second-order valence-corrected chi connectivity index (χ2v) is 9.24. The summed E-state index contributed by atoms with van der Waals surface area (Å²) in [6, 6.07) is 0. The number of methoxy groups -OCH3 is 1. The van der Waals surface area contributed by atoms with Crippen LogP contribution in [0.15, 0.2) is 0 Å². The number of hydrogen-bond acceptors (Lipinski definition) is 1. The van der Waals surface area contributed by atoms with Crippen LogP contribution in [-0.4, -0.2) is 28.5 Å². The van der Waals surface area contributed by atoms with Crippen LogP contribution in [-0.2, 0) is 4.74 Å². The molecule has 1 aliphatic rings. The van der Waals surface area contributed by atoms with Crippen LogP contribution in [0.4, 0.5) is 0 Å². The van der Waals surface area contributed by atoms with Gasteiger partial charge < -0.3 is 9.72 Å². The summed E-state index contributed by atoms with van der Waals surface area (Å²) in [6.07, 6.45) is 0. The van der Waals surface area contributed by atoms with Gasteiger partial charge in [-0.1, -0.05) is 49.0 Å². The van der Waals surface area contributed by atoms with Gasteiger partial charge in [0.15, 0.2) is 0 Å². The average Bonchev–Trinajstić information content (AvgIpc) is 2.44. The van der Waals surface area contributed by atoms with Crippen molar-refractivity contribution < 1.29 is 42.5 Å².